The monoisotopic (exact) mass is 346 g/mol. The molecule has 24 heavy (non-hydrogen) atoms. The summed E-state index contributed by atoms with van der Waals surface area (Å²) in [6.45, 7) is 10.5. The smallest absolute Gasteiger partial charge is 0.407 e. The van der Waals surface area contributed by atoms with E-state index in [1.807, 2.05) is 0 Å². The summed E-state index contributed by atoms with van der Waals surface area (Å²) >= 11 is 0. The van der Waals surface area contributed by atoms with E-state index in [2.05, 4.69) is 5.32 Å². The summed E-state index contributed by atoms with van der Waals surface area (Å²) in [5.74, 6) is -1.02. The molecule has 140 valence electrons. The first-order valence-electron chi connectivity index (χ1n) is 8.17. The van der Waals surface area contributed by atoms with Crippen molar-refractivity contribution in [3.8, 4) is 0 Å². The van der Waals surface area contributed by atoms with Gasteiger partial charge in [-0.1, -0.05) is 0 Å². The van der Waals surface area contributed by atoms with Crippen LogP contribution < -0.4 is 5.32 Å². The lowest BCUT2D eigenvalue weighted by molar-refractivity contribution is -0.562. The molecule has 0 aromatic heterocycles. The van der Waals surface area contributed by atoms with Crippen molar-refractivity contribution in [2.24, 2.45) is 5.92 Å². The lowest BCUT2D eigenvalue weighted by Crippen LogP contribution is -2.37. The molecular formula is C16H30N2O6. The molecular weight excluding hydrogens is 316 g/mol. The average Bonchev–Trinajstić information content (AvgIpc) is 2.40. The van der Waals surface area contributed by atoms with Gasteiger partial charge in [-0.25, -0.2) is 4.79 Å². The lowest BCUT2D eigenvalue weighted by Gasteiger charge is -2.22. The molecule has 0 aromatic rings. The van der Waals surface area contributed by atoms with Crippen molar-refractivity contribution in [3.63, 3.8) is 0 Å². The fourth-order valence-electron chi connectivity index (χ4n) is 2.09. The fraction of sp³-hybridized carbons (Fsp3) is 0.875. The number of esters is 1. The zero-order valence-corrected chi connectivity index (χ0v) is 15.5. The molecule has 0 spiro atoms. The van der Waals surface area contributed by atoms with Crippen LogP contribution in [0.5, 0.6) is 0 Å². The third-order valence-corrected chi connectivity index (χ3v) is 3.26. The first-order valence-corrected chi connectivity index (χ1v) is 8.17. The van der Waals surface area contributed by atoms with E-state index in [1.165, 1.54) is 13.8 Å². The molecule has 1 atom stereocenters. The molecule has 8 heteroatoms. The number of hydrogen-bond donors (Lipinski definition) is 1. The van der Waals surface area contributed by atoms with E-state index in [-0.39, 0.29) is 13.0 Å². The van der Waals surface area contributed by atoms with E-state index in [9.17, 15) is 19.7 Å². The molecule has 0 bridgehead atoms. The second-order valence-corrected chi connectivity index (χ2v) is 7.29. The van der Waals surface area contributed by atoms with Crippen molar-refractivity contribution >= 4 is 12.1 Å². The molecule has 0 aliphatic heterocycles. The fourth-order valence-corrected chi connectivity index (χ4v) is 2.09. The summed E-state index contributed by atoms with van der Waals surface area (Å²) in [4.78, 5) is 34.2. The Morgan fingerprint density at radius 1 is 1.21 bits per heavy atom. The SMILES string of the molecule is CCOC(=O)[C@@H](CCCNC(=O)OC(C)(C)C)CC(C)(C)[N+](=O)[O-]. The van der Waals surface area contributed by atoms with E-state index in [4.69, 9.17) is 9.47 Å². The van der Waals surface area contributed by atoms with Gasteiger partial charge in [0.25, 0.3) is 0 Å². The number of nitrogens with one attached hydrogen (secondary N) is 1. The maximum absolute atomic E-state index is 12.0. The summed E-state index contributed by atoms with van der Waals surface area (Å²) in [5, 5.41) is 13.7. The number of rotatable bonds is 9. The van der Waals surface area contributed by atoms with Gasteiger partial charge in [0.1, 0.15) is 5.60 Å². The van der Waals surface area contributed by atoms with Crippen molar-refractivity contribution in [1.82, 2.24) is 5.32 Å². The Balaban J connectivity index is 4.50. The highest BCUT2D eigenvalue weighted by atomic mass is 16.6. The first kappa shape index (κ1) is 22.1. The van der Waals surface area contributed by atoms with Gasteiger partial charge < -0.3 is 14.8 Å². The quantitative estimate of drug-likeness (QED) is 0.298. The summed E-state index contributed by atoms with van der Waals surface area (Å²) in [6, 6.07) is 0. The average molecular weight is 346 g/mol. The zero-order chi connectivity index (χ0) is 19.0. The predicted octanol–water partition coefficient (Wildman–Crippen LogP) is 2.92. The molecule has 1 amide bonds. The Morgan fingerprint density at radius 2 is 1.79 bits per heavy atom. The Bertz CT molecular complexity index is 442. The van der Waals surface area contributed by atoms with Crippen molar-refractivity contribution in [2.45, 2.75) is 71.9 Å². The van der Waals surface area contributed by atoms with Gasteiger partial charge in [-0.2, -0.15) is 0 Å². The minimum absolute atomic E-state index is 0.0886. The second kappa shape index (κ2) is 9.44. The molecule has 0 heterocycles. The topological polar surface area (TPSA) is 108 Å². The maximum atomic E-state index is 12.0. The number of ether oxygens (including phenoxy) is 2. The van der Waals surface area contributed by atoms with E-state index >= 15 is 0 Å². The first-order chi connectivity index (χ1) is 10.9. The highest BCUT2D eigenvalue weighted by Crippen LogP contribution is 2.24. The van der Waals surface area contributed by atoms with E-state index in [1.54, 1.807) is 27.7 Å². The summed E-state index contributed by atoms with van der Waals surface area (Å²) < 4.78 is 10.1. The van der Waals surface area contributed by atoms with Crippen molar-refractivity contribution < 1.29 is 24.0 Å². The Morgan fingerprint density at radius 3 is 2.25 bits per heavy atom. The Hall–Kier alpha value is -1.86. The third-order valence-electron chi connectivity index (χ3n) is 3.26. The number of carbonyl (C=O) groups excluding carboxylic acids is 2. The normalized spacial score (nSPS) is 13.1. The molecule has 8 nitrogen and oxygen atoms in total. The predicted molar refractivity (Wildman–Crippen MR) is 89.3 cm³/mol. The molecule has 0 aliphatic rings. The molecule has 0 saturated heterocycles. The van der Waals surface area contributed by atoms with Crippen LogP contribution in [-0.4, -0.2) is 41.3 Å². The minimum atomic E-state index is -1.21. The van der Waals surface area contributed by atoms with Gasteiger partial charge in [-0.3, -0.25) is 14.9 Å². The zero-order valence-electron chi connectivity index (χ0n) is 15.5. The molecule has 0 aromatic carbocycles. The number of alkyl carbamates (subject to hydrolysis) is 1. The van der Waals surface area contributed by atoms with Crippen molar-refractivity contribution in [3.05, 3.63) is 10.1 Å². The van der Waals surface area contributed by atoms with Crippen LogP contribution in [0.3, 0.4) is 0 Å². The van der Waals surface area contributed by atoms with Gasteiger partial charge in [0.2, 0.25) is 5.54 Å². The molecule has 0 aliphatic carbocycles. The summed E-state index contributed by atoms with van der Waals surface area (Å²) in [7, 11) is 0. The van der Waals surface area contributed by atoms with Gasteiger partial charge in [0.15, 0.2) is 0 Å². The molecule has 0 rings (SSSR count). The van der Waals surface area contributed by atoms with Crippen LogP contribution in [0, 0.1) is 16.0 Å². The van der Waals surface area contributed by atoms with E-state index in [0.717, 1.165) is 0 Å². The van der Waals surface area contributed by atoms with Gasteiger partial charge in [-0.05, 0) is 40.5 Å². The van der Waals surface area contributed by atoms with Crippen LogP contribution in [-0.2, 0) is 14.3 Å². The van der Waals surface area contributed by atoms with Crippen LogP contribution in [0.1, 0.15) is 60.8 Å². The van der Waals surface area contributed by atoms with Crippen LogP contribution in [0.4, 0.5) is 4.79 Å². The Kier molecular flexibility index (Phi) is 8.71. The summed E-state index contributed by atoms with van der Waals surface area (Å²) in [5.41, 5.74) is -1.79. The minimum Gasteiger partial charge on any atom is -0.466 e. The largest absolute Gasteiger partial charge is 0.466 e. The molecule has 0 saturated carbocycles. The van der Waals surface area contributed by atoms with Crippen LogP contribution in [0.15, 0.2) is 0 Å². The van der Waals surface area contributed by atoms with Crippen LogP contribution >= 0.6 is 0 Å². The van der Waals surface area contributed by atoms with Gasteiger partial charge >= 0.3 is 12.1 Å². The molecule has 0 fully saturated rings. The third kappa shape index (κ3) is 9.32. The van der Waals surface area contributed by atoms with E-state index in [0.29, 0.717) is 19.4 Å². The van der Waals surface area contributed by atoms with Crippen molar-refractivity contribution in [2.75, 3.05) is 13.2 Å². The number of hydrogen-bond acceptors (Lipinski definition) is 6. The number of nitrogens with zero attached hydrogens (tertiary/aromatic N) is 1. The number of nitro groups is 1. The number of carbonyl (C=O) groups is 2. The summed E-state index contributed by atoms with van der Waals surface area (Å²) in [6.07, 6.45) is 0.453. The highest BCUT2D eigenvalue weighted by Gasteiger charge is 2.37. The number of amides is 1. The van der Waals surface area contributed by atoms with Gasteiger partial charge in [0, 0.05) is 31.7 Å². The van der Waals surface area contributed by atoms with Gasteiger partial charge in [0.05, 0.1) is 12.5 Å². The van der Waals surface area contributed by atoms with Crippen LogP contribution in [0.2, 0.25) is 0 Å². The molecule has 0 radical (unpaired) electrons. The maximum Gasteiger partial charge on any atom is 0.407 e. The van der Waals surface area contributed by atoms with E-state index < -0.39 is 34.0 Å². The molecule has 0 unspecified atom stereocenters. The van der Waals surface area contributed by atoms with Gasteiger partial charge in [-0.15, -0.1) is 0 Å². The standard InChI is InChI=1S/C16H30N2O6/c1-7-23-13(19)12(11-16(5,6)18(21)22)9-8-10-17-14(20)24-15(2,3)4/h12H,7-11H2,1-6H3,(H,17,20)/t12-/m0/s1. The van der Waals surface area contributed by atoms with Crippen LogP contribution in [0.25, 0.3) is 0 Å². The lowest BCUT2D eigenvalue weighted by atomic mass is 9.88. The molecule has 1 N–H and O–H groups in total. The second-order valence-electron chi connectivity index (χ2n) is 7.29. The van der Waals surface area contributed by atoms with Crippen molar-refractivity contribution in [1.29, 1.82) is 0 Å². The highest BCUT2D eigenvalue weighted by molar-refractivity contribution is 5.72. The Labute approximate surface area is 143 Å².